The predicted octanol–water partition coefficient (Wildman–Crippen LogP) is 3.37. The van der Waals surface area contributed by atoms with Crippen molar-refractivity contribution in [2.45, 2.75) is 26.2 Å². The van der Waals surface area contributed by atoms with Gasteiger partial charge < -0.3 is 20.5 Å². The van der Waals surface area contributed by atoms with Gasteiger partial charge in [-0.25, -0.2) is 0 Å². The number of guanidine groups is 1. The van der Waals surface area contributed by atoms with E-state index in [4.69, 9.17) is 15.2 Å². The molecule has 4 N–H and O–H groups in total. The molecule has 0 atom stereocenters. The number of ether oxygens (including phenoxy) is 2. The largest absolute Gasteiger partial charge is 0.496 e. The van der Waals surface area contributed by atoms with Crippen LogP contribution < -0.4 is 21.1 Å². The molecule has 0 aliphatic carbocycles. The van der Waals surface area contributed by atoms with Crippen molar-refractivity contribution >= 4 is 39.1 Å². The molecule has 0 spiro atoms. The second-order valence-electron chi connectivity index (χ2n) is 6.74. The van der Waals surface area contributed by atoms with Gasteiger partial charge in [0.05, 0.1) is 19.3 Å². The number of benzene rings is 1. The Balaban J connectivity index is 1.82. The molecule has 31 heavy (non-hydrogen) atoms. The van der Waals surface area contributed by atoms with Crippen LogP contribution in [0.2, 0.25) is 0 Å². The van der Waals surface area contributed by atoms with E-state index >= 15 is 0 Å². The predicted molar refractivity (Wildman–Crippen MR) is 130 cm³/mol. The van der Waals surface area contributed by atoms with E-state index in [0.717, 1.165) is 59.6 Å². The van der Waals surface area contributed by atoms with Crippen molar-refractivity contribution in [3.8, 4) is 5.75 Å². The van der Waals surface area contributed by atoms with Crippen LogP contribution in [0, 0.1) is 0 Å². The number of nitrogens with two attached hydrogens (primary N) is 1. The number of aliphatic imine (C=N–C) groups is 1. The number of carbonyl (C=O) groups is 1. The smallest absolute Gasteiger partial charge is 0.259 e. The first-order valence-corrected chi connectivity index (χ1v) is 12.0. The number of aryl methyl sites for hydroxylation is 2. The number of halogens is 1. The molecule has 2 aromatic rings. The molecule has 0 unspecified atom stereocenters. The van der Waals surface area contributed by atoms with Crippen LogP contribution in [-0.4, -0.2) is 51.8 Å². The Bertz CT molecular complexity index is 857. The van der Waals surface area contributed by atoms with Gasteiger partial charge in [0.2, 0.25) is 0 Å². The highest BCUT2D eigenvalue weighted by Crippen LogP contribution is 2.26. The summed E-state index contributed by atoms with van der Waals surface area (Å²) >= 11 is 5.06. The maximum Gasteiger partial charge on any atom is 0.259 e. The maximum absolute atomic E-state index is 12.6. The summed E-state index contributed by atoms with van der Waals surface area (Å²) in [7, 11) is 1.66. The Hall–Kier alpha value is -1.94. The van der Waals surface area contributed by atoms with Crippen molar-refractivity contribution < 1.29 is 14.3 Å². The standard InChI is InChI=1S/C22H31BrN4O3S/c1-3-30-13-12-25-10-4-11-26-22(24)27-21(28)18-9-14-31-20(18)8-5-16-15-17(23)6-7-19(16)29-2/h6-7,9,14-15,25H,3-5,8,10-13H2,1-2H3,(H3,24,26,27,28). The van der Waals surface area contributed by atoms with Crippen LogP contribution in [0.25, 0.3) is 0 Å². The zero-order valence-electron chi connectivity index (χ0n) is 18.1. The fourth-order valence-corrected chi connectivity index (χ4v) is 4.25. The van der Waals surface area contributed by atoms with Crippen LogP contribution >= 0.6 is 27.3 Å². The SMILES string of the molecule is CCOCCNCCCN=C(N)NC(=O)c1ccsc1CCc1cc(Br)ccc1OC. The van der Waals surface area contributed by atoms with Gasteiger partial charge in [-0.15, -0.1) is 11.3 Å². The van der Waals surface area contributed by atoms with E-state index in [-0.39, 0.29) is 11.9 Å². The minimum atomic E-state index is -0.228. The maximum atomic E-state index is 12.6. The summed E-state index contributed by atoms with van der Waals surface area (Å²) in [6.07, 6.45) is 2.34. The Morgan fingerprint density at radius 3 is 2.87 bits per heavy atom. The van der Waals surface area contributed by atoms with Crippen molar-refractivity contribution in [1.82, 2.24) is 10.6 Å². The van der Waals surface area contributed by atoms with Gasteiger partial charge >= 0.3 is 0 Å². The van der Waals surface area contributed by atoms with Crippen molar-refractivity contribution in [3.05, 3.63) is 50.1 Å². The summed E-state index contributed by atoms with van der Waals surface area (Å²) in [6, 6.07) is 7.75. The lowest BCUT2D eigenvalue weighted by Crippen LogP contribution is -2.37. The zero-order chi connectivity index (χ0) is 22.5. The summed E-state index contributed by atoms with van der Waals surface area (Å²) in [4.78, 5) is 17.9. The van der Waals surface area contributed by atoms with Crippen LogP contribution in [0.15, 0.2) is 39.1 Å². The quantitative estimate of drug-likeness (QED) is 0.218. The monoisotopic (exact) mass is 510 g/mol. The summed E-state index contributed by atoms with van der Waals surface area (Å²) < 4.78 is 11.7. The number of amides is 1. The summed E-state index contributed by atoms with van der Waals surface area (Å²) in [5, 5.41) is 7.89. The molecule has 1 amide bonds. The zero-order valence-corrected chi connectivity index (χ0v) is 20.5. The highest BCUT2D eigenvalue weighted by atomic mass is 79.9. The van der Waals surface area contributed by atoms with E-state index < -0.39 is 0 Å². The third-order valence-corrected chi connectivity index (χ3v) is 5.99. The molecule has 0 saturated heterocycles. The number of carbonyl (C=O) groups excluding carboxylic acids is 1. The Labute approximate surface area is 196 Å². The highest BCUT2D eigenvalue weighted by molar-refractivity contribution is 9.10. The van der Waals surface area contributed by atoms with E-state index in [0.29, 0.717) is 18.7 Å². The van der Waals surface area contributed by atoms with Gasteiger partial charge in [-0.05, 0) is 67.9 Å². The van der Waals surface area contributed by atoms with Gasteiger partial charge in [-0.2, -0.15) is 0 Å². The van der Waals surface area contributed by atoms with E-state index in [1.54, 1.807) is 18.4 Å². The Morgan fingerprint density at radius 1 is 1.26 bits per heavy atom. The Morgan fingerprint density at radius 2 is 2.10 bits per heavy atom. The van der Waals surface area contributed by atoms with Crippen molar-refractivity contribution in [2.24, 2.45) is 10.7 Å². The van der Waals surface area contributed by atoms with Crippen LogP contribution in [-0.2, 0) is 17.6 Å². The van der Waals surface area contributed by atoms with E-state index in [9.17, 15) is 4.79 Å². The molecule has 7 nitrogen and oxygen atoms in total. The summed E-state index contributed by atoms with van der Waals surface area (Å²) in [5.41, 5.74) is 7.61. The first kappa shape index (κ1) is 25.3. The van der Waals surface area contributed by atoms with Crippen molar-refractivity contribution in [1.29, 1.82) is 0 Å². The summed E-state index contributed by atoms with van der Waals surface area (Å²) in [6.45, 7) is 5.60. The van der Waals surface area contributed by atoms with Crippen molar-refractivity contribution in [3.63, 3.8) is 0 Å². The average Bonchev–Trinajstić information content (AvgIpc) is 3.23. The van der Waals surface area contributed by atoms with Crippen LogP contribution in [0.4, 0.5) is 0 Å². The van der Waals surface area contributed by atoms with Gasteiger partial charge in [-0.3, -0.25) is 15.1 Å². The van der Waals surface area contributed by atoms with Gasteiger partial charge in [0.1, 0.15) is 5.75 Å². The molecule has 0 fully saturated rings. The van der Waals surface area contributed by atoms with Crippen LogP contribution in [0.3, 0.4) is 0 Å². The fraction of sp³-hybridized carbons (Fsp3) is 0.455. The topological polar surface area (TPSA) is 98.0 Å². The number of nitrogens with zero attached hydrogens (tertiary/aromatic N) is 1. The second kappa shape index (κ2) is 14.2. The molecule has 0 aliphatic heterocycles. The number of rotatable bonds is 13. The molecule has 0 saturated carbocycles. The minimum Gasteiger partial charge on any atom is -0.496 e. The molecular formula is C22H31BrN4O3S. The molecule has 1 aromatic heterocycles. The van der Waals surface area contributed by atoms with Gasteiger partial charge in [-0.1, -0.05) is 15.9 Å². The second-order valence-corrected chi connectivity index (χ2v) is 8.65. The van der Waals surface area contributed by atoms with Gasteiger partial charge in [0, 0.05) is 29.0 Å². The van der Waals surface area contributed by atoms with Crippen LogP contribution in [0.1, 0.15) is 34.1 Å². The van der Waals surface area contributed by atoms with Crippen LogP contribution in [0.5, 0.6) is 5.75 Å². The number of thiophene rings is 1. The van der Waals surface area contributed by atoms with E-state index in [2.05, 4.69) is 31.6 Å². The molecule has 0 aliphatic rings. The third-order valence-electron chi connectivity index (χ3n) is 4.52. The van der Waals surface area contributed by atoms with E-state index in [1.807, 2.05) is 36.6 Å². The molecular weight excluding hydrogens is 480 g/mol. The summed E-state index contributed by atoms with van der Waals surface area (Å²) in [5.74, 6) is 0.758. The van der Waals surface area contributed by atoms with E-state index in [1.165, 1.54) is 0 Å². The normalized spacial score (nSPS) is 11.5. The minimum absolute atomic E-state index is 0.144. The lowest BCUT2D eigenvalue weighted by atomic mass is 10.1. The number of methoxy groups -OCH3 is 1. The molecule has 0 bridgehead atoms. The molecule has 1 aromatic carbocycles. The molecule has 0 radical (unpaired) electrons. The first-order valence-electron chi connectivity index (χ1n) is 10.3. The average molecular weight is 511 g/mol. The first-order chi connectivity index (χ1) is 15.0. The van der Waals surface area contributed by atoms with Gasteiger partial charge in [0.15, 0.2) is 5.96 Å². The fourth-order valence-electron chi connectivity index (χ4n) is 2.97. The molecule has 170 valence electrons. The highest BCUT2D eigenvalue weighted by Gasteiger charge is 2.15. The molecule has 2 rings (SSSR count). The number of nitrogens with one attached hydrogen (secondary N) is 2. The van der Waals surface area contributed by atoms with Crippen molar-refractivity contribution in [2.75, 3.05) is 40.0 Å². The molecule has 1 heterocycles. The lowest BCUT2D eigenvalue weighted by molar-refractivity contribution is 0.0976. The molecule has 9 heteroatoms. The Kier molecular flexibility index (Phi) is 11.6. The third kappa shape index (κ3) is 8.98. The van der Waals surface area contributed by atoms with Gasteiger partial charge in [0.25, 0.3) is 5.91 Å². The lowest BCUT2D eigenvalue weighted by Gasteiger charge is -2.10. The number of hydrogen-bond acceptors (Lipinski definition) is 6. The number of hydrogen-bond donors (Lipinski definition) is 3.